The molecular formula is C10H15ClN4O2. The molecule has 0 bridgehead atoms. The fourth-order valence-corrected chi connectivity index (χ4v) is 0.970. The van der Waals surface area contributed by atoms with Gasteiger partial charge in [0.25, 0.3) is 5.91 Å². The minimum absolute atomic E-state index is 0. The van der Waals surface area contributed by atoms with E-state index >= 15 is 0 Å². The van der Waals surface area contributed by atoms with Gasteiger partial charge in [-0.05, 0) is 12.1 Å². The van der Waals surface area contributed by atoms with E-state index in [1.807, 2.05) is 0 Å². The molecule has 1 aromatic heterocycles. The van der Waals surface area contributed by atoms with Gasteiger partial charge in [0.2, 0.25) is 5.88 Å². The summed E-state index contributed by atoms with van der Waals surface area (Å²) in [5, 5.41) is 7.31. The van der Waals surface area contributed by atoms with Gasteiger partial charge in [-0.3, -0.25) is 10.2 Å². The average Bonchev–Trinajstić information content (AvgIpc) is 2.25. The molecule has 0 aliphatic rings. The van der Waals surface area contributed by atoms with Crippen LogP contribution in [0.1, 0.15) is 5.56 Å². The van der Waals surface area contributed by atoms with E-state index < -0.39 is 0 Å². The molecule has 0 atom stereocenters. The van der Waals surface area contributed by atoms with E-state index in [0.29, 0.717) is 5.56 Å². The minimum atomic E-state index is -0.180. The molecule has 6 nitrogen and oxygen atoms in total. The molecule has 1 heterocycles. The SMILES string of the molecule is CN(C)C(=O)COc1ncccc1C(=N)N.Cl. The Hall–Kier alpha value is -1.82. The van der Waals surface area contributed by atoms with Crippen LogP contribution in [0.5, 0.6) is 5.88 Å². The van der Waals surface area contributed by atoms with Gasteiger partial charge < -0.3 is 15.4 Å². The molecule has 0 fully saturated rings. The van der Waals surface area contributed by atoms with Crippen LogP contribution >= 0.6 is 12.4 Å². The molecule has 0 aromatic carbocycles. The van der Waals surface area contributed by atoms with Crippen molar-refractivity contribution < 1.29 is 9.53 Å². The van der Waals surface area contributed by atoms with Crippen molar-refractivity contribution in [2.45, 2.75) is 0 Å². The van der Waals surface area contributed by atoms with E-state index in [2.05, 4.69) is 4.98 Å². The maximum atomic E-state index is 11.3. The molecular weight excluding hydrogens is 244 g/mol. The molecule has 0 unspecified atom stereocenters. The molecule has 0 saturated heterocycles. The second-order valence-electron chi connectivity index (χ2n) is 3.35. The second-order valence-corrected chi connectivity index (χ2v) is 3.35. The van der Waals surface area contributed by atoms with Gasteiger partial charge in [-0.15, -0.1) is 12.4 Å². The maximum Gasteiger partial charge on any atom is 0.260 e. The Morgan fingerprint density at radius 3 is 2.76 bits per heavy atom. The highest BCUT2D eigenvalue weighted by atomic mass is 35.5. The molecule has 0 radical (unpaired) electrons. The van der Waals surface area contributed by atoms with Crippen LogP contribution in [0, 0.1) is 5.41 Å². The van der Waals surface area contributed by atoms with Crippen LogP contribution in [0.15, 0.2) is 18.3 Å². The number of halogens is 1. The number of hydrogen-bond donors (Lipinski definition) is 2. The number of carbonyl (C=O) groups is 1. The van der Waals surface area contributed by atoms with Crippen molar-refractivity contribution in [1.82, 2.24) is 9.88 Å². The molecule has 1 aromatic rings. The first kappa shape index (κ1) is 15.2. The number of pyridine rings is 1. The number of likely N-dealkylation sites (N-methyl/N-ethyl adjacent to an activating group) is 1. The van der Waals surface area contributed by atoms with Gasteiger partial charge >= 0.3 is 0 Å². The minimum Gasteiger partial charge on any atom is -0.467 e. The van der Waals surface area contributed by atoms with Gasteiger partial charge in [0, 0.05) is 20.3 Å². The highest BCUT2D eigenvalue weighted by Crippen LogP contribution is 2.12. The van der Waals surface area contributed by atoms with Crippen molar-refractivity contribution in [1.29, 1.82) is 5.41 Å². The fraction of sp³-hybridized carbons (Fsp3) is 0.300. The van der Waals surface area contributed by atoms with E-state index in [1.54, 1.807) is 26.2 Å². The van der Waals surface area contributed by atoms with Crippen LogP contribution in [-0.4, -0.2) is 42.3 Å². The van der Waals surface area contributed by atoms with Gasteiger partial charge in [-0.1, -0.05) is 0 Å². The number of amides is 1. The molecule has 0 saturated carbocycles. The van der Waals surface area contributed by atoms with E-state index in [4.69, 9.17) is 15.9 Å². The summed E-state index contributed by atoms with van der Waals surface area (Å²) in [4.78, 5) is 16.6. The molecule has 7 heteroatoms. The number of nitrogens with two attached hydrogens (primary N) is 1. The van der Waals surface area contributed by atoms with Crippen molar-refractivity contribution in [3.63, 3.8) is 0 Å². The number of hydrogen-bond acceptors (Lipinski definition) is 4. The quantitative estimate of drug-likeness (QED) is 0.598. The molecule has 17 heavy (non-hydrogen) atoms. The average molecular weight is 259 g/mol. The maximum absolute atomic E-state index is 11.3. The summed E-state index contributed by atoms with van der Waals surface area (Å²) in [6, 6.07) is 3.27. The number of amidine groups is 1. The monoisotopic (exact) mass is 258 g/mol. The smallest absolute Gasteiger partial charge is 0.260 e. The first-order chi connectivity index (χ1) is 7.52. The zero-order valence-electron chi connectivity index (χ0n) is 9.64. The van der Waals surface area contributed by atoms with Crippen molar-refractivity contribution in [3.05, 3.63) is 23.9 Å². The number of nitrogens with one attached hydrogen (secondary N) is 1. The first-order valence-electron chi connectivity index (χ1n) is 4.64. The molecule has 0 aliphatic carbocycles. The third kappa shape index (κ3) is 4.28. The number of aromatic nitrogens is 1. The van der Waals surface area contributed by atoms with Gasteiger partial charge in [-0.2, -0.15) is 0 Å². The Kier molecular flexibility index (Phi) is 5.98. The van der Waals surface area contributed by atoms with E-state index in [9.17, 15) is 4.79 Å². The summed E-state index contributed by atoms with van der Waals surface area (Å²) in [5.41, 5.74) is 5.73. The van der Waals surface area contributed by atoms with Crippen molar-refractivity contribution in [2.24, 2.45) is 5.73 Å². The molecule has 94 valence electrons. The van der Waals surface area contributed by atoms with Crippen LogP contribution in [0.3, 0.4) is 0 Å². The summed E-state index contributed by atoms with van der Waals surface area (Å²) in [6.07, 6.45) is 1.52. The summed E-state index contributed by atoms with van der Waals surface area (Å²) < 4.78 is 5.20. The Balaban J connectivity index is 0.00000256. The van der Waals surface area contributed by atoms with Crippen molar-refractivity contribution in [3.8, 4) is 5.88 Å². The van der Waals surface area contributed by atoms with Gasteiger partial charge in [0.05, 0.1) is 5.56 Å². The van der Waals surface area contributed by atoms with E-state index in [0.717, 1.165) is 0 Å². The second kappa shape index (κ2) is 6.70. The Bertz CT molecular complexity index is 409. The lowest BCUT2D eigenvalue weighted by atomic mass is 10.2. The lowest BCUT2D eigenvalue weighted by Crippen LogP contribution is -2.28. The highest BCUT2D eigenvalue weighted by molar-refractivity contribution is 5.97. The predicted molar refractivity (Wildman–Crippen MR) is 66.7 cm³/mol. The Morgan fingerprint density at radius 1 is 1.59 bits per heavy atom. The van der Waals surface area contributed by atoms with Gasteiger partial charge in [0.15, 0.2) is 6.61 Å². The van der Waals surface area contributed by atoms with Crippen LogP contribution in [0.25, 0.3) is 0 Å². The largest absolute Gasteiger partial charge is 0.467 e. The van der Waals surface area contributed by atoms with Crippen LogP contribution in [-0.2, 0) is 4.79 Å². The Morgan fingerprint density at radius 2 is 2.24 bits per heavy atom. The zero-order chi connectivity index (χ0) is 12.1. The summed E-state index contributed by atoms with van der Waals surface area (Å²) in [5.74, 6) is -0.120. The van der Waals surface area contributed by atoms with Crippen molar-refractivity contribution in [2.75, 3.05) is 20.7 Å². The number of nitrogens with zero attached hydrogens (tertiary/aromatic N) is 2. The Labute approximate surface area is 106 Å². The molecule has 0 spiro atoms. The molecule has 3 N–H and O–H groups in total. The highest BCUT2D eigenvalue weighted by Gasteiger charge is 2.10. The lowest BCUT2D eigenvalue weighted by Gasteiger charge is -2.12. The summed E-state index contributed by atoms with van der Waals surface area (Å²) in [6.45, 7) is -0.121. The first-order valence-corrected chi connectivity index (χ1v) is 4.64. The predicted octanol–water partition coefficient (Wildman–Crippen LogP) is 0.254. The van der Waals surface area contributed by atoms with Crippen LogP contribution in [0.2, 0.25) is 0 Å². The number of ether oxygens (including phenoxy) is 1. The lowest BCUT2D eigenvalue weighted by molar-refractivity contribution is -0.130. The third-order valence-corrected chi connectivity index (χ3v) is 1.89. The topological polar surface area (TPSA) is 92.3 Å². The number of rotatable bonds is 4. The normalized spacial score (nSPS) is 9.06. The molecule has 1 amide bonds. The molecule has 0 aliphatic heterocycles. The van der Waals surface area contributed by atoms with Crippen LogP contribution in [0.4, 0.5) is 0 Å². The van der Waals surface area contributed by atoms with E-state index in [-0.39, 0.29) is 36.6 Å². The van der Waals surface area contributed by atoms with Gasteiger partial charge in [-0.25, -0.2) is 4.98 Å². The molecule has 1 rings (SSSR count). The zero-order valence-corrected chi connectivity index (χ0v) is 10.5. The van der Waals surface area contributed by atoms with E-state index in [1.165, 1.54) is 11.1 Å². The fourth-order valence-electron chi connectivity index (χ4n) is 0.970. The van der Waals surface area contributed by atoms with Crippen molar-refractivity contribution >= 4 is 24.1 Å². The summed E-state index contributed by atoms with van der Waals surface area (Å²) in [7, 11) is 3.27. The number of nitrogen functional groups attached to an aromatic ring is 1. The third-order valence-electron chi connectivity index (χ3n) is 1.89. The standard InChI is InChI=1S/C10H14N4O2.ClH/c1-14(2)8(15)6-16-10-7(9(11)12)4-3-5-13-10;/h3-5H,6H2,1-2H3,(H3,11,12);1H. The van der Waals surface area contributed by atoms with Crippen LogP contribution < -0.4 is 10.5 Å². The van der Waals surface area contributed by atoms with Gasteiger partial charge in [0.1, 0.15) is 5.84 Å². The summed E-state index contributed by atoms with van der Waals surface area (Å²) >= 11 is 0. The number of carbonyl (C=O) groups excluding carboxylic acids is 1.